The molecule has 0 saturated carbocycles. The molecule has 1 unspecified atom stereocenters. The molecule has 0 radical (unpaired) electrons. The first kappa shape index (κ1) is 15.7. The van der Waals surface area contributed by atoms with Crippen molar-refractivity contribution in [1.29, 1.82) is 0 Å². The molecule has 0 amide bonds. The standard InChI is InChI=1S/C13H16Br2O3/c1-13(2,7-12(17)18)6-11(16)9-5-8(14)3-4-10(9)15/h3-5,11,16H,6-7H2,1-2H3,(H,17,18). The first-order valence-corrected chi connectivity index (χ1v) is 7.15. The molecule has 0 saturated heterocycles. The van der Waals surface area contributed by atoms with Gasteiger partial charge in [0.25, 0.3) is 0 Å². The molecule has 0 heterocycles. The monoisotopic (exact) mass is 378 g/mol. The van der Waals surface area contributed by atoms with Gasteiger partial charge in [0.05, 0.1) is 12.5 Å². The van der Waals surface area contributed by atoms with Gasteiger partial charge in [-0.2, -0.15) is 0 Å². The highest BCUT2D eigenvalue weighted by Gasteiger charge is 2.26. The summed E-state index contributed by atoms with van der Waals surface area (Å²) in [7, 11) is 0. The van der Waals surface area contributed by atoms with Gasteiger partial charge >= 0.3 is 5.97 Å². The zero-order chi connectivity index (χ0) is 13.9. The second-order valence-electron chi connectivity index (χ2n) is 5.12. The van der Waals surface area contributed by atoms with Crippen molar-refractivity contribution in [2.45, 2.75) is 32.8 Å². The van der Waals surface area contributed by atoms with Gasteiger partial charge < -0.3 is 10.2 Å². The van der Waals surface area contributed by atoms with E-state index in [9.17, 15) is 9.90 Å². The highest BCUT2D eigenvalue weighted by atomic mass is 79.9. The van der Waals surface area contributed by atoms with Gasteiger partial charge in [-0.05, 0) is 35.6 Å². The molecule has 18 heavy (non-hydrogen) atoms. The SMILES string of the molecule is CC(C)(CC(=O)O)CC(O)c1cc(Br)ccc1Br. The van der Waals surface area contributed by atoms with Crippen LogP contribution in [0.25, 0.3) is 0 Å². The lowest BCUT2D eigenvalue weighted by atomic mass is 9.82. The topological polar surface area (TPSA) is 57.5 Å². The lowest BCUT2D eigenvalue weighted by molar-refractivity contribution is -0.139. The summed E-state index contributed by atoms with van der Waals surface area (Å²) in [5.41, 5.74) is 0.315. The maximum atomic E-state index is 10.8. The van der Waals surface area contributed by atoms with Gasteiger partial charge in [0, 0.05) is 8.95 Å². The summed E-state index contributed by atoms with van der Waals surface area (Å²) in [6, 6.07) is 5.57. The lowest BCUT2D eigenvalue weighted by Gasteiger charge is -2.26. The molecule has 0 bridgehead atoms. The zero-order valence-electron chi connectivity index (χ0n) is 10.3. The molecule has 1 aromatic carbocycles. The molecule has 1 atom stereocenters. The highest BCUT2D eigenvalue weighted by molar-refractivity contribution is 9.11. The van der Waals surface area contributed by atoms with Crippen LogP contribution in [0.15, 0.2) is 27.1 Å². The Kier molecular flexibility index (Phi) is 5.37. The minimum Gasteiger partial charge on any atom is -0.481 e. The van der Waals surface area contributed by atoms with Crippen LogP contribution in [-0.4, -0.2) is 16.2 Å². The van der Waals surface area contributed by atoms with Gasteiger partial charge in [0.15, 0.2) is 0 Å². The van der Waals surface area contributed by atoms with Crippen molar-refractivity contribution >= 4 is 37.8 Å². The third-order valence-electron chi connectivity index (χ3n) is 2.69. The Morgan fingerprint density at radius 1 is 1.39 bits per heavy atom. The zero-order valence-corrected chi connectivity index (χ0v) is 13.5. The van der Waals surface area contributed by atoms with Gasteiger partial charge in [-0.15, -0.1) is 0 Å². The second kappa shape index (κ2) is 6.17. The van der Waals surface area contributed by atoms with E-state index in [-0.39, 0.29) is 6.42 Å². The van der Waals surface area contributed by atoms with Crippen LogP contribution in [0.3, 0.4) is 0 Å². The number of halogens is 2. The number of hydrogen-bond acceptors (Lipinski definition) is 2. The summed E-state index contributed by atoms with van der Waals surface area (Å²) in [5.74, 6) is -0.847. The number of aliphatic carboxylic acids is 1. The van der Waals surface area contributed by atoms with Crippen LogP contribution in [0, 0.1) is 5.41 Å². The van der Waals surface area contributed by atoms with E-state index in [0.717, 1.165) is 14.5 Å². The van der Waals surface area contributed by atoms with Crippen LogP contribution in [0.1, 0.15) is 38.4 Å². The minimum absolute atomic E-state index is 0.0374. The first-order valence-electron chi connectivity index (χ1n) is 5.56. The molecule has 0 spiro atoms. The molecule has 3 nitrogen and oxygen atoms in total. The first-order chi connectivity index (χ1) is 8.21. The number of hydrogen-bond donors (Lipinski definition) is 2. The molecule has 5 heteroatoms. The van der Waals surface area contributed by atoms with Crippen LogP contribution in [0.2, 0.25) is 0 Å². The molecular weight excluding hydrogens is 364 g/mol. The van der Waals surface area contributed by atoms with Crippen LogP contribution in [0.5, 0.6) is 0 Å². The fourth-order valence-electron chi connectivity index (χ4n) is 1.88. The smallest absolute Gasteiger partial charge is 0.303 e. The Balaban J connectivity index is 2.84. The number of carbonyl (C=O) groups is 1. The summed E-state index contributed by atoms with van der Waals surface area (Å²) >= 11 is 6.75. The summed E-state index contributed by atoms with van der Waals surface area (Å²) in [5, 5.41) is 19.1. The largest absolute Gasteiger partial charge is 0.481 e. The van der Waals surface area contributed by atoms with Gasteiger partial charge in [-0.25, -0.2) is 0 Å². The molecule has 0 aliphatic heterocycles. The number of aliphatic hydroxyl groups is 1. The summed E-state index contributed by atoms with van der Waals surface area (Å²) in [6.45, 7) is 3.69. The number of carboxylic acid groups (broad SMARTS) is 1. The Morgan fingerprint density at radius 2 is 2.00 bits per heavy atom. The maximum absolute atomic E-state index is 10.8. The summed E-state index contributed by atoms with van der Waals surface area (Å²) in [4.78, 5) is 10.8. The van der Waals surface area contributed by atoms with Crippen molar-refractivity contribution in [2.75, 3.05) is 0 Å². The molecule has 1 rings (SSSR count). The molecule has 0 aliphatic carbocycles. The summed E-state index contributed by atoms with van der Waals surface area (Å²) in [6.07, 6.45) is -0.254. The van der Waals surface area contributed by atoms with E-state index in [1.54, 1.807) is 0 Å². The van der Waals surface area contributed by atoms with Crippen molar-refractivity contribution in [3.8, 4) is 0 Å². The molecule has 0 aromatic heterocycles. The predicted octanol–water partition coefficient (Wildman–Crippen LogP) is 4.14. The van der Waals surface area contributed by atoms with E-state index >= 15 is 0 Å². The lowest BCUT2D eigenvalue weighted by Crippen LogP contribution is -2.20. The average Bonchev–Trinajstić information content (AvgIpc) is 2.18. The molecule has 0 aliphatic rings. The van der Waals surface area contributed by atoms with E-state index in [4.69, 9.17) is 5.11 Å². The third-order valence-corrected chi connectivity index (χ3v) is 3.91. The van der Waals surface area contributed by atoms with E-state index in [2.05, 4.69) is 31.9 Å². The number of carboxylic acids is 1. The summed E-state index contributed by atoms with van der Waals surface area (Å²) < 4.78 is 1.71. The normalized spacial score (nSPS) is 13.4. The van der Waals surface area contributed by atoms with E-state index in [1.165, 1.54) is 0 Å². The fourth-order valence-corrected chi connectivity index (χ4v) is 2.77. The van der Waals surface area contributed by atoms with E-state index in [0.29, 0.717) is 6.42 Å². The number of benzene rings is 1. The Bertz CT molecular complexity index is 444. The predicted molar refractivity (Wildman–Crippen MR) is 77.5 cm³/mol. The average molecular weight is 380 g/mol. The van der Waals surface area contributed by atoms with Crippen LogP contribution >= 0.6 is 31.9 Å². The van der Waals surface area contributed by atoms with Crippen LogP contribution in [0.4, 0.5) is 0 Å². The molecular formula is C13H16Br2O3. The minimum atomic E-state index is -0.847. The van der Waals surface area contributed by atoms with Gasteiger partial charge in [-0.3, -0.25) is 4.79 Å². The molecule has 0 fully saturated rings. The fraction of sp³-hybridized carbons (Fsp3) is 0.462. The van der Waals surface area contributed by atoms with Gasteiger partial charge in [0.1, 0.15) is 0 Å². The highest BCUT2D eigenvalue weighted by Crippen LogP contribution is 2.36. The van der Waals surface area contributed by atoms with Gasteiger partial charge in [-0.1, -0.05) is 45.7 Å². The van der Waals surface area contributed by atoms with Crippen molar-refractivity contribution in [3.05, 3.63) is 32.7 Å². The second-order valence-corrected chi connectivity index (χ2v) is 6.89. The van der Waals surface area contributed by atoms with Crippen LogP contribution in [-0.2, 0) is 4.79 Å². The quantitative estimate of drug-likeness (QED) is 0.808. The van der Waals surface area contributed by atoms with Crippen molar-refractivity contribution in [3.63, 3.8) is 0 Å². The van der Waals surface area contributed by atoms with Crippen LogP contribution < -0.4 is 0 Å². The third kappa shape index (κ3) is 4.71. The van der Waals surface area contributed by atoms with E-state index < -0.39 is 17.5 Å². The van der Waals surface area contributed by atoms with Crippen molar-refractivity contribution in [2.24, 2.45) is 5.41 Å². The molecule has 100 valence electrons. The maximum Gasteiger partial charge on any atom is 0.303 e. The Labute approximate surface area is 123 Å². The number of rotatable bonds is 5. The Morgan fingerprint density at radius 3 is 2.56 bits per heavy atom. The molecule has 2 N–H and O–H groups in total. The van der Waals surface area contributed by atoms with Crippen molar-refractivity contribution < 1.29 is 15.0 Å². The van der Waals surface area contributed by atoms with Gasteiger partial charge in [0.2, 0.25) is 0 Å². The van der Waals surface area contributed by atoms with Crippen molar-refractivity contribution in [1.82, 2.24) is 0 Å². The molecule has 1 aromatic rings. The van der Waals surface area contributed by atoms with E-state index in [1.807, 2.05) is 32.0 Å². The number of aliphatic hydroxyl groups excluding tert-OH is 1. The Hall–Kier alpha value is -0.390.